The first-order valence-corrected chi connectivity index (χ1v) is 9.94. The molecule has 0 radical (unpaired) electrons. The Morgan fingerprint density at radius 1 is 1.14 bits per heavy atom. The van der Waals surface area contributed by atoms with Crippen LogP contribution in [0.2, 0.25) is 0 Å². The minimum atomic E-state index is -0.532. The van der Waals surface area contributed by atoms with Gasteiger partial charge in [0.25, 0.3) is 0 Å². The third-order valence-electron chi connectivity index (χ3n) is 4.62. The van der Waals surface area contributed by atoms with Crippen molar-refractivity contribution < 1.29 is 9.53 Å². The van der Waals surface area contributed by atoms with Crippen molar-refractivity contribution in [3.63, 3.8) is 0 Å². The third kappa shape index (κ3) is 9.18. The van der Waals surface area contributed by atoms with E-state index in [1.54, 1.807) is 0 Å². The highest BCUT2D eigenvalue weighted by atomic mass is 127. The van der Waals surface area contributed by atoms with E-state index in [0.717, 1.165) is 31.0 Å². The third-order valence-corrected chi connectivity index (χ3v) is 4.62. The van der Waals surface area contributed by atoms with Crippen LogP contribution in [0.4, 0.5) is 4.79 Å². The SMILES string of the molecule is CCNC(=NCc1nnc(C)n1C)NCC(CC)(CC)NC(=O)OC(C)(C)C.I. The van der Waals surface area contributed by atoms with E-state index in [1.165, 1.54) is 0 Å². The molecule has 10 heteroatoms. The molecule has 1 rings (SSSR count). The van der Waals surface area contributed by atoms with Crippen LogP contribution >= 0.6 is 24.0 Å². The second-order valence-corrected chi connectivity index (χ2v) is 7.89. The number of aryl methyl sites for hydroxylation is 1. The summed E-state index contributed by atoms with van der Waals surface area (Å²) in [5, 5.41) is 17.8. The lowest BCUT2D eigenvalue weighted by Crippen LogP contribution is -2.57. The molecule has 0 unspecified atom stereocenters. The summed E-state index contributed by atoms with van der Waals surface area (Å²) in [5.74, 6) is 2.31. The Balaban J connectivity index is 0.00000784. The molecule has 1 amide bonds. The minimum Gasteiger partial charge on any atom is -0.444 e. The number of halogens is 1. The zero-order valence-electron chi connectivity index (χ0n) is 19.0. The highest BCUT2D eigenvalue weighted by Crippen LogP contribution is 2.16. The normalized spacial score (nSPS) is 12.2. The van der Waals surface area contributed by atoms with E-state index in [0.29, 0.717) is 19.0 Å². The maximum absolute atomic E-state index is 12.3. The van der Waals surface area contributed by atoms with Gasteiger partial charge in [-0.15, -0.1) is 34.2 Å². The lowest BCUT2D eigenvalue weighted by molar-refractivity contribution is 0.0448. The number of aliphatic imine (C=N–C) groups is 1. The molecule has 3 N–H and O–H groups in total. The van der Waals surface area contributed by atoms with Crippen molar-refractivity contribution in [1.82, 2.24) is 30.7 Å². The Kier molecular flexibility index (Phi) is 11.5. The van der Waals surface area contributed by atoms with Gasteiger partial charge < -0.3 is 25.3 Å². The van der Waals surface area contributed by atoms with Crippen molar-refractivity contribution in [3.8, 4) is 0 Å². The first-order chi connectivity index (χ1) is 13.1. The molecule has 0 aliphatic heterocycles. The number of alkyl carbamates (subject to hydrolysis) is 1. The lowest BCUT2D eigenvalue weighted by Gasteiger charge is -2.34. The molecule has 0 saturated heterocycles. The van der Waals surface area contributed by atoms with Gasteiger partial charge in [-0.3, -0.25) is 0 Å². The van der Waals surface area contributed by atoms with Gasteiger partial charge in [0.1, 0.15) is 18.0 Å². The van der Waals surface area contributed by atoms with Gasteiger partial charge in [-0.1, -0.05) is 13.8 Å². The average molecular weight is 523 g/mol. The van der Waals surface area contributed by atoms with Crippen LogP contribution in [-0.2, 0) is 18.3 Å². The quantitative estimate of drug-likeness (QED) is 0.275. The number of carbonyl (C=O) groups is 1. The Morgan fingerprint density at radius 3 is 2.21 bits per heavy atom. The van der Waals surface area contributed by atoms with Gasteiger partial charge in [-0.25, -0.2) is 9.79 Å². The molecule has 0 saturated carbocycles. The number of hydrogen-bond acceptors (Lipinski definition) is 5. The molecule has 29 heavy (non-hydrogen) atoms. The van der Waals surface area contributed by atoms with Crippen LogP contribution in [0.1, 0.15) is 66.0 Å². The molecule has 0 fully saturated rings. The van der Waals surface area contributed by atoms with Gasteiger partial charge >= 0.3 is 6.09 Å². The summed E-state index contributed by atoms with van der Waals surface area (Å²) >= 11 is 0. The standard InChI is InChI=1S/C19H37N7O2.HI/c1-9-19(10-2,23-17(27)28-18(5,6)7)13-22-16(20-11-3)21-12-15-25-24-14(4)26(15)8;/h9-13H2,1-8H3,(H,23,27)(H2,20,21,22);1H. The molecule has 9 nitrogen and oxygen atoms in total. The van der Waals surface area contributed by atoms with E-state index in [-0.39, 0.29) is 24.0 Å². The average Bonchev–Trinajstić information content (AvgIpc) is 2.93. The first kappa shape index (κ1) is 27.4. The van der Waals surface area contributed by atoms with Gasteiger partial charge in [-0.2, -0.15) is 0 Å². The molecule has 0 bridgehead atoms. The lowest BCUT2D eigenvalue weighted by atomic mass is 9.93. The zero-order chi connectivity index (χ0) is 21.4. The largest absolute Gasteiger partial charge is 0.444 e. The van der Waals surface area contributed by atoms with E-state index in [4.69, 9.17) is 4.74 Å². The van der Waals surface area contributed by atoms with Crippen molar-refractivity contribution in [1.29, 1.82) is 0 Å². The van der Waals surface area contributed by atoms with Crippen LogP contribution in [0.25, 0.3) is 0 Å². The summed E-state index contributed by atoms with van der Waals surface area (Å²) in [6.45, 7) is 15.3. The monoisotopic (exact) mass is 523 g/mol. The van der Waals surface area contributed by atoms with Gasteiger partial charge in [-0.05, 0) is 47.5 Å². The fourth-order valence-electron chi connectivity index (χ4n) is 2.57. The molecule has 168 valence electrons. The van der Waals surface area contributed by atoms with Crippen LogP contribution in [-0.4, -0.2) is 51.0 Å². The van der Waals surface area contributed by atoms with Gasteiger partial charge in [0, 0.05) is 20.1 Å². The van der Waals surface area contributed by atoms with Crippen molar-refractivity contribution in [2.24, 2.45) is 12.0 Å². The van der Waals surface area contributed by atoms with Crippen LogP contribution in [0.3, 0.4) is 0 Å². The van der Waals surface area contributed by atoms with Crippen LogP contribution in [0.15, 0.2) is 4.99 Å². The zero-order valence-corrected chi connectivity index (χ0v) is 21.4. The summed E-state index contributed by atoms with van der Waals surface area (Å²) in [6, 6.07) is 0. The van der Waals surface area contributed by atoms with E-state index in [2.05, 4.69) is 45.0 Å². The highest BCUT2D eigenvalue weighted by molar-refractivity contribution is 14.0. The van der Waals surface area contributed by atoms with Crippen molar-refractivity contribution in [2.75, 3.05) is 13.1 Å². The van der Waals surface area contributed by atoms with Crippen LogP contribution in [0.5, 0.6) is 0 Å². The Labute approximate surface area is 191 Å². The van der Waals surface area contributed by atoms with E-state index in [9.17, 15) is 4.79 Å². The maximum Gasteiger partial charge on any atom is 0.408 e. The van der Waals surface area contributed by atoms with Gasteiger partial charge in [0.2, 0.25) is 0 Å². The molecular weight excluding hydrogens is 485 g/mol. The molecule has 1 aromatic heterocycles. The Hall–Kier alpha value is -1.59. The number of guanidine groups is 1. The Bertz CT molecular complexity index is 664. The second kappa shape index (κ2) is 12.2. The summed E-state index contributed by atoms with van der Waals surface area (Å²) in [4.78, 5) is 16.9. The first-order valence-electron chi connectivity index (χ1n) is 9.94. The van der Waals surface area contributed by atoms with Crippen molar-refractivity contribution >= 4 is 36.0 Å². The second-order valence-electron chi connectivity index (χ2n) is 7.89. The fraction of sp³-hybridized carbons (Fsp3) is 0.789. The highest BCUT2D eigenvalue weighted by Gasteiger charge is 2.30. The number of nitrogens with one attached hydrogen (secondary N) is 3. The topological polar surface area (TPSA) is 105 Å². The molecule has 0 aliphatic carbocycles. The number of carbonyl (C=O) groups excluding carboxylic acids is 1. The molecule has 0 aliphatic rings. The predicted molar refractivity (Wildman–Crippen MR) is 127 cm³/mol. The van der Waals surface area contributed by atoms with Crippen molar-refractivity contribution in [2.45, 2.75) is 79.0 Å². The molecule has 0 spiro atoms. The summed E-state index contributed by atoms with van der Waals surface area (Å²) in [5.41, 5.74) is -0.963. The summed E-state index contributed by atoms with van der Waals surface area (Å²) in [7, 11) is 1.92. The number of hydrogen-bond donors (Lipinski definition) is 3. The van der Waals surface area contributed by atoms with E-state index >= 15 is 0 Å². The number of nitrogens with zero attached hydrogens (tertiary/aromatic N) is 4. The summed E-state index contributed by atoms with van der Waals surface area (Å²) in [6.07, 6.45) is 1.12. The smallest absolute Gasteiger partial charge is 0.408 e. The van der Waals surface area contributed by atoms with E-state index < -0.39 is 17.2 Å². The predicted octanol–water partition coefficient (Wildman–Crippen LogP) is 2.88. The van der Waals surface area contributed by atoms with E-state index in [1.807, 2.05) is 46.2 Å². The van der Waals surface area contributed by atoms with Crippen LogP contribution < -0.4 is 16.0 Å². The van der Waals surface area contributed by atoms with Gasteiger partial charge in [0.15, 0.2) is 11.8 Å². The number of aromatic nitrogens is 3. The molecule has 0 aromatic carbocycles. The molecule has 0 atom stereocenters. The molecule has 1 heterocycles. The number of amides is 1. The Morgan fingerprint density at radius 2 is 1.76 bits per heavy atom. The summed E-state index contributed by atoms with van der Waals surface area (Å²) < 4.78 is 7.35. The van der Waals surface area contributed by atoms with Gasteiger partial charge in [0.05, 0.1) is 5.54 Å². The minimum absolute atomic E-state index is 0. The molecular formula is C19H38IN7O2. The van der Waals surface area contributed by atoms with Crippen LogP contribution in [0, 0.1) is 6.92 Å². The molecule has 1 aromatic rings. The number of rotatable bonds is 8. The van der Waals surface area contributed by atoms with Crippen molar-refractivity contribution in [3.05, 3.63) is 11.6 Å². The number of ether oxygens (including phenoxy) is 1. The fourth-order valence-corrected chi connectivity index (χ4v) is 2.57. The maximum atomic E-state index is 12.3.